The van der Waals surface area contributed by atoms with Gasteiger partial charge in [0.1, 0.15) is 18.5 Å². The lowest BCUT2D eigenvalue weighted by atomic mass is 10.2. The highest BCUT2D eigenvalue weighted by Crippen LogP contribution is 2.23. The predicted molar refractivity (Wildman–Crippen MR) is 54.2 cm³/mol. The number of allylic oxidation sites excluding steroid dienone is 3. The normalized spacial score (nSPS) is 26.1. The average Bonchev–Trinajstić information content (AvgIpc) is 2.19. The van der Waals surface area contributed by atoms with Crippen molar-refractivity contribution in [3.63, 3.8) is 0 Å². The van der Waals surface area contributed by atoms with Crippen molar-refractivity contribution < 1.29 is 9.47 Å². The van der Waals surface area contributed by atoms with Gasteiger partial charge in [0.15, 0.2) is 5.76 Å². The van der Waals surface area contributed by atoms with Crippen molar-refractivity contribution in [1.29, 1.82) is 0 Å². The van der Waals surface area contributed by atoms with Crippen molar-refractivity contribution in [3.8, 4) is 0 Å². The number of nitrogens with one attached hydrogen (secondary N) is 1. The molecule has 0 aromatic carbocycles. The van der Waals surface area contributed by atoms with Gasteiger partial charge in [0.05, 0.1) is 5.70 Å². The van der Waals surface area contributed by atoms with Gasteiger partial charge >= 0.3 is 0 Å². The van der Waals surface area contributed by atoms with Crippen LogP contribution in [0.4, 0.5) is 0 Å². The van der Waals surface area contributed by atoms with Gasteiger partial charge in [0.2, 0.25) is 0 Å². The first-order chi connectivity index (χ1) is 6.77. The van der Waals surface area contributed by atoms with Gasteiger partial charge in [-0.05, 0) is 26.5 Å². The third-order valence-corrected chi connectivity index (χ3v) is 2.22. The monoisotopic (exact) mass is 193 g/mol. The van der Waals surface area contributed by atoms with Crippen molar-refractivity contribution in [2.24, 2.45) is 0 Å². The first-order valence-corrected chi connectivity index (χ1v) is 4.90. The van der Waals surface area contributed by atoms with Gasteiger partial charge in [-0.1, -0.05) is 12.2 Å². The number of dihydropyridines is 1. The first kappa shape index (κ1) is 9.19. The molecule has 2 aliphatic rings. The van der Waals surface area contributed by atoms with Gasteiger partial charge in [-0.3, -0.25) is 0 Å². The molecule has 0 saturated carbocycles. The van der Waals surface area contributed by atoms with E-state index in [4.69, 9.17) is 9.47 Å². The molecule has 0 amide bonds. The minimum atomic E-state index is 0.151. The summed E-state index contributed by atoms with van der Waals surface area (Å²) in [5.74, 6) is 1.70. The van der Waals surface area contributed by atoms with Crippen molar-refractivity contribution in [1.82, 2.24) is 5.32 Å². The summed E-state index contributed by atoms with van der Waals surface area (Å²) < 4.78 is 11.2. The fourth-order valence-corrected chi connectivity index (χ4v) is 1.58. The predicted octanol–water partition coefficient (Wildman–Crippen LogP) is 2.04. The van der Waals surface area contributed by atoms with E-state index in [-0.39, 0.29) is 6.10 Å². The topological polar surface area (TPSA) is 30.5 Å². The fourth-order valence-electron chi connectivity index (χ4n) is 1.58. The van der Waals surface area contributed by atoms with Crippen LogP contribution in [0.2, 0.25) is 0 Å². The summed E-state index contributed by atoms with van der Waals surface area (Å²) in [5.41, 5.74) is 1.01. The van der Waals surface area contributed by atoms with Crippen molar-refractivity contribution >= 4 is 0 Å². The molecule has 1 N–H and O–H groups in total. The number of hydrogen-bond donors (Lipinski definition) is 1. The van der Waals surface area contributed by atoms with E-state index >= 15 is 0 Å². The van der Waals surface area contributed by atoms with Gasteiger partial charge in [-0.25, -0.2) is 0 Å². The van der Waals surface area contributed by atoms with E-state index in [9.17, 15) is 0 Å². The molecular weight excluding hydrogens is 178 g/mol. The maximum atomic E-state index is 5.63. The van der Waals surface area contributed by atoms with E-state index in [1.165, 1.54) is 0 Å². The third-order valence-electron chi connectivity index (χ3n) is 2.22. The summed E-state index contributed by atoms with van der Waals surface area (Å²) >= 11 is 0. The van der Waals surface area contributed by atoms with E-state index in [0.717, 1.165) is 23.6 Å². The Balaban J connectivity index is 2.17. The molecule has 1 unspecified atom stereocenters. The first-order valence-electron chi connectivity index (χ1n) is 4.90. The molecule has 0 radical (unpaired) electrons. The second-order valence-corrected chi connectivity index (χ2v) is 3.52. The van der Waals surface area contributed by atoms with Crippen LogP contribution >= 0.6 is 0 Å². The molecule has 0 aromatic heterocycles. The van der Waals surface area contributed by atoms with Gasteiger partial charge in [0.25, 0.3) is 0 Å². The van der Waals surface area contributed by atoms with Gasteiger partial charge in [-0.2, -0.15) is 0 Å². The molecule has 0 aliphatic carbocycles. The number of rotatable bonds is 1. The highest BCUT2D eigenvalue weighted by Gasteiger charge is 2.20. The second-order valence-electron chi connectivity index (χ2n) is 3.52. The van der Waals surface area contributed by atoms with E-state index in [1.54, 1.807) is 0 Å². The summed E-state index contributed by atoms with van der Waals surface area (Å²) in [7, 11) is 0. The van der Waals surface area contributed by atoms with Crippen LogP contribution in [0.3, 0.4) is 0 Å². The molecule has 0 aromatic rings. The average molecular weight is 193 g/mol. The molecule has 3 heteroatoms. The molecule has 0 bridgehead atoms. The van der Waals surface area contributed by atoms with E-state index in [2.05, 4.69) is 17.5 Å². The van der Waals surface area contributed by atoms with Crippen LogP contribution in [0.1, 0.15) is 20.3 Å². The summed E-state index contributed by atoms with van der Waals surface area (Å²) in [6, 6.07) is 0. The highest BCUT2D eigenvalue weighted by molar-refractivity contribution is 5.31. The largest absolute Gasteiger partial charge is 0.488 e. The zero-order chi connectivity index (χ0) is 9.97. The molecule has 76 valence electrons. The maximum Gasteiger partial charge on any atom is 0.179 e. The zero-order valence-electron chi connectivity index (χ0n) is 8.54. The highest BCUT2D eigenvalue weighted by atomic mass is 16.6. The van der Waals surface area contributed by atoms with Crippen LogP contribution in [0, 0.1) is 0 Å². The lowest BCUT2D eigenvalue weighted by Gasteiger charge is -2.26. The third kappa shape index (κ3) is 1.76. The van der Waals surface area contributed by atoms with Crippen LogP contribution in [0.15, 0.2) is 35.6 Å². The van der Waals surface area contributed by atoms with Crippen molar-refractivity contribution in [2.75, 3.05) is 6.61 Å². The van der Waals surface area contributed by atoms with Crippen LogP contribution in [0.5, 0.6) is 0 Å². The summed E-state index contributed by atoms with van der Waals surface area (Å²) in [5, 5.41) is 3.15. The molecular formula is C11H15NO2. The Kier molecular flexibility index (Phi) is 2.48. The van der Waals surface area contributed by atoms with Crippen LogP contribution in [0.25, 0.3) is 0 Å². The Morgan fingerprint density at radius 3 is 3.00 bits per heavy atom. The minimum Gasteiger partial charge on any atom is -0.488 e. The van der Waals surface area contributed by atoms with Gasteiger partial charge < -0.3 is 14.8 Å². The van der Waals surface area contributed by atoms with Crippen molar-refractivity contribution in [3.05, 3.63) is 35.6 Å². The fraction of sp³-hybridized carbons (Fsp3) is 0.455. The number of ether oxygens (including phenoxy) is 2. The molecule has 14 heavy (non-hydrogen) atoms. The maximum absolute atomic E-state index is 5.63. The standard InChI is InChI=1S/C11H15NO2/c1-8-7-13-11(9(2)14-8)10-5-3-4-6-12-10/h4-6,8,12H,3,7H2,1-2H3. The molecule has 2 aliphatic heterocycles. The molecule has 1 atom stereocenters. The number of hydrogen-bond acceptors (Lipinski definition) is 3. The Morgan fingerprint density at radius 1 is 1.50 bits per heavy atom. The van der Waals surface area contributed by atoms with Gasteiger partial charge in [-0.15, -0.1) is 0 Å². The summed E-state index contributed by atoms with van der Waals surface area (Å²) in [4.78, 5) is 0. The van der Waals surface area contributed by atoms with E-state index < -0.39 is 0 Å². The molecule has 3 nitrogen and oxygen atoms in total. The molecule has 2 rings (SSSR count). The van der Waals surface area contributed by atoms with E-state index in [1.807, 2.05) is 20.0 Å². The van der Waals surface area contributed by atoms with Gasteiger partial charge in [0, 0.05) is 0 Å². The van der Waals surface area contributed by atoms with Crippen LogP contribution < -0.4 is 5.32 Å². The lowest BCUT2D eigenvalue weighted by molar-refractivity contribution is 0.0106. The molecule has 2 heterocycles. The van der Waals surface area contributed by atoms with Crippen LogP contribution in [-0.4, -0.2) is 12.7 Å². The smallest absolute Gasteiger partial charge is 0.179 e. The molecule has 0 saturated heterocycles. The Hall–Kier alpha value is -1.38. The minimum absolute atomic E-state index is 0.151. The van der Waals surface area contributed by atoms with Crippen molar-refractivity contribution in [2.45, 2.75) is 26.4 Å². The Morgan fingerprint density at radius 2 is 2.36 bits per heavy atom. The quantitative estimate of drug-likeness (QED) is 0.691. The summed E-state index contributed by atoms with van der Waals surface area (Å²) in [6.07, 6.45) is 7.18. The lowest BCUT2D eigenvalue weighted by Crippen LogP contribution is -2.25. The SMILES string of the molecule is CC1=C(C2=CCC=CN2)OCC(C)O1. The Labute approximate surface area is 84.1 Å². The molecule has 0 spiro atoms. The van der Waals surface area contributed by atoms with Crippen LogP contribution in [-0.2, 0) is 9.47 Å². The molecule has 0 fully saturated rings. The summed E-state index contributed by atoms with van der Waals surface area (Å²) in [6.45, 7) is 4.56. The second kappa shape index (κ2) is 3.78. The Bertz CT molecular complexity index is 315. The van der Waals surface area contributed by atoms with E-state index in [0.29, 0.717) is 6.61 Å². The zero-order valence-corrected chi connectivity index (χ0v) is 8.54.